The van der Waals surface area contributed by atoms with Crippen molar-refractivity contribution in [2.75, 3.05) is 5.32 Å². The first-order chi connectivity index (χ1) is 9.47. The lowest BCUT2D eigenvalue weighted by Crippen LogP contribution is -2.03. The number of nitrogens with zero attached hydrogens (tertiary/aromatic N) is 1. The summed E-state index contributed by atoms with van der Waals surface area (Å²) in [5.41, 5.74) is -0.213. The molecule has 0 saturated heterocycles. The molecule has 2 rings (SSSR count). The summed E-state index contributed by atoms with van der Waals surface area (Å²) in [7, 11) is 0. The van der Waals surface area contributed by atoms with Gasteiger partial charge in [-0.2, -0.15) is 4.39 Å². The third-order valence-corrected chi connectivity index (χ3v) is 2.64. The summed E-state index contributed by atoms with van der Waals surface area (Å²) >= 11 is 0. The molecule has 7 heteroatoms. The molecule has 2 aromatic carbocycles. The number of benzene rings is 2. The zero-order valence-electron chi connectivity index (χ0n) is 10.1. The zero-order valence-corrected chi connectivity index (χ0v) is 10.1. The number of anilines is 1. The topological polar surface area (TPSA) is 55.2 Å². The molecule has 2 aromatic rings. The van der Waals surface area contributed by atoms with Crippen molar-refractivity contribution in [3.8, 4) is 0 Å². The van der Waals surface area contributed by atoms with Gasteiger partial charge in [0.1, 0.15) is 11.6 Å². The maximum absolute atomic E-state index is 13.4. The number of nitro benzene ring substituents is 1. The van der Waals surface area contributed by atoms with Crippen LogP contribution >= 0.6 is 0 Å². The second-order valence-electron chi connectivity index (χ2n) is 4.01. The van der Waals surface area contributed by atoms with E-state index in [9.17, 15) is 23.3 Å². The molecule has 104 valence electrons. The van der Waals surface area contributed by atoms with Crippen molar-refractivity contribution in [2.24, 2.45) is 0 Å². The van der Waals surface area contributed by atoms with Gasteiger partial charge in [0.2, 0.25) is 5.82 Å². The van der Waals surface area contributed by atoms with Crippen LogP contribution in [0.2, 0.25) is 0 Å². The summed E-state index contributed by atoms with van der Waals surface area (Å²) in [4.78, 5) is 9.73. The molecule has 0 aliphatic carbocycles. The molecule has 0 saturated carbocycles. The minimum atomic E-state index is -0.950. The molecule has 0 radical (unpaired) electrons. The van der Waals surface area contributed by atoms with E-state index in [1.54, 1.807) is 0 Å². The maximum atomic E-state index is 13.4. The summed E-state index contributed by atoms with van der Waals surface area (Å²) in [5, 5.41) is 13.3. The Hall–Kier alpha value is -2.57. The average Bonchev–Trinajstić information content (AvgIpc) is 2.39. The van der Waals surface area contributed by atoms with E-state index in [1.807, 2.05) is 0 Å². The normalized spacial score (nSPS) is 10.3. The summed E-state index contributed by atoms with van der Waals surface area (Å²) in [5.74, 6) is -2.37. The van der Waals surface area contributed by atoms with Gasteiger partial charge in [-0.15, -0.1) is 0 Å². The van der Waals surface area contributed by atoms with Crippen molar-refractivity contribution in [2.45, 2.75) is 6.54 Å². The van der Waals surface area contributed by atoms with Crippen LogP contribution in [0.1, 0.15) is 5.56 Å². The number of nitro groups is 1. The van der Waals surface area contributed by atoms with Gasteiger partial charge in [0, 0.05) is 29.9 Å². The predicted molar refractivity (Wildman–Crippen MR) is 66.7 cm³/mol. The molecule has 0 aromatic heterocycles. The predicted octanol–water partition coefficient (Wildman–Crippen LogP) is 3.62. The highest BCUT2D eigenvalue weighted by atomic mass is 19.1. The lowest BCUT2D eigenvalue weighted by molar-refractivity contribution is -0.387. The quantitative estimate of drug-likeness (QED) is 0.688. The van der Waals surface area contributed by atoms with Crippen LogP contribution in [-0.4, -0.2) is 4.92 Å². The fourth-order valence-electron chi connectivity index (χ4n) is 1.62. The Labute approximate surface area is 112 Å². The van der Waals surface area contributed by atoms with E-state index in [-0.39, 0.29) is 17.8 Å². The van der Waals surface area contributed by atoms with E-state index < -0.39 is 28.1 Å². The Morgan fingerprint density at radius 3 is 2.45 bits per heavy atom. The number of hydrogen-bond acceptors (Lipinski definition) is 3. The number of nitrogens with one attached hydrogen (secondary N) is 1. The molecule has 0 bridgehead atoms. The van der Waals surface area contributed by atoms with Crippen molar-refractivity contribution >= 4 is 11.4 Å². The van der Waals surface area contributed by atoms with Gasteiger partial charge in [-0.05, 0) is 18.2 Å². The molecule has 0 atom stereocenters. The molecular weight excluding hydrogens is 273 g/mol. The molecule has 0 spiro atoms. The van der Waals surface area contributed by atoms with Crippen molar-refractivity contribution in [1.82, 2.24) is 0 Å². The third-order valence-electron chi connectivity index (χ3n) is 2.64. The first-order valence-corrected chi connectivity index (χ1v) is 5.59. The molecule has 0 aliphatic heterocycles. The molecule has 0 amide bonds. The van der Waals surface area contributed by atoms with Gasteiger partial charge in [-0.25, -0.2) is 8.78 Å². The van der Waals surface area contributed by atoms with Gasteiger partial charge in [-0.3, -0.25) is 10.1 Å². The monoisotopic (exact) mass is 282 g/mol. The Morgan fingerprint density at radius 2 is 1.80 bits per heavy atom. The summed E-state index contributed by atoms with van der Waals surface area (Å²) < 4.78 is 39.2. The summed E-state index contributed by atoms with van der Waals surface area (Å²) in [6, 6.07) is 6.36. The number of rotatable bonds is 4. The largest absolute Gasteiger partial charge is 0.381 e. The van der Waals surface area contributed by atoms with Crippen LogP contribution in [0.5, 0.6) is 0 Å². The Balaban J connectivity index is 2.15. The van der Waals surface area contributed by atoms with Gasteiger partial charge < -0.3 is 5.32 Å². The van der Waals surface area contributed by atoms with Crippen LogP contribution < -0.4 is 5.32 Å². The number of halogens is 3. The van der Waals surface area contributed by atoms with Gasteiger partial charge in [0.05, 0.1) is 4.92 Å². The fraction of sp³-hybridized carbons (Fsp3) is 0.0769. The minimum absolute atomic E-state index is 0.00506. The molecule has 4 nitrogen and oxygen atoms in total. The second-order valence-corrected chi connectivity index (χ2v) is 4.01. The lowest BCUT2D eigenvalue weighted by Gasteiger charge is -2.07. The maximum Gasteiger partial charge on any atom is 0.306 e. The first kappa shape index (κ1) is 13.9. The Kier molecular flexibility index (Phi) is 3.88. The van der Waals surface area contributed by atoms with Crippen molar-refractivity contribution in [1.29, 1.82) is 0 Å². The van der Waals surface area contributed by atoms with E-state index in [4.69, 9.17) is 0 Å². The van der Waals surface area contributed by atoms with Crippen LogP contribution in [0.3, 0.4) is 0 Å². The lowest BCUT2D eigenvalue weighted by atomic mass is 10.2. The summed E-state index contributed by atoms with van der Waals surface area (Å²) in [6.45, 7) is -0.00506. The zero-order chi connectivity index (χ0) is 14.7. The SMILES string of the molecule is O=[N+]([O-])c1cc(NCc2ccc(F)cc2F)ccc1F. The van der Waals surface area contributed by atoms with E-state index >= 15 is 0 Å². The minimum Gasteiger partial charge on any atom is -0.381 e. The molecule has 1 N–H and O–H groups in total. The van der Waals surface area contributed by atoms with Crippen LogP contribution in [-0.2, 0) is 6.54 Å². The smallest absolute Gasteiger partial charge is 0.306 e. The Morgan fingerprint density at radius 1 is 1.05 bits per heavy atom. The number of hydrogen-bond donors (Lipinski definition) is 1. The van der Waals surface area contributed by atoms with Crippen molar-refractivity contribution < 1.29 is 18.1 Å². The third kappa shape index (κ3) is 3.05. The summed E-state index contributed by atoms with van der Waals surface area (Å²) in [6.07, 6.45) is 0. The molecule has 0 fully saturated rings. The standard InChI is InChI=1S/C13H9F3N2O2/c14-9-2-1-8(12(16)5-9)7-17-10-3-4-11(15)13(6-10)18(19)20/h1-6,17H,7H2. The van der Waals surface area contributed by atoms with Crippen LogP contribution in [0.15, 0.2) is 36.4 Å². The fourth-order valence-corrected chi connectivity index (χ4v) is 1.62. The molecule has 20 heavy (non-hydrogen) atoms. The van der Waals surface area contributed by atoms with Gasteiger partial charge in [0.25, 0.3) is 0 Å². The van der Waals surface area contributed by atoms with E-state index in [2.05, 4.69) is 5.32 Å². The van der Waals surface area contributed by atoms with E-state index in [0.29, 0.717) is 0 Å². The highest BCUT2D eigenvalue weighted by Crippen LogP contribution is 2.22. The first-order valence-electron chi connectivity index (χ1n) is 5.59. The highest BCUT2D eigenvalue weighted by molar-refractivity contribution is 5.52. The molecule has 0 aliphatic rings. The van der Waals surface area contributed by atoms with Gasteiger partial charge in [-0.1, -0.05) is 6.07 Å². The van der Waals surface area contributed by atoms with E-state index in [0.717, 1.165) is 24.3 Å². The molecule has 0 unspecified atom stereocenters. The van der Waals surface area contributed by atoms with Gasteiger partial charge in [0.15, 0.2) is 0 Å². The van der Waals surface area contributed by atoms with Crippen LogP contribution in [0.4, 0.5) is 24.5 Å². The molecule has 0 heterocycles. The van der Waals surface area contributed by atoms with Crippen LogP contribution in [0, 0.1) is 27.6 Å². The second kappa shape index (κ2) is 5.60. The van der Waals surface area contributed by atoms with Crippen molar-refractivity contribution in [3.05, 3.63) is 69.5 Å². The van der Waals surface area contributed by atoms with Gasteiger partial charge >= 0.3 is 5.69 Å². The molecular formula is C13H9F3N2O2. The van der Waals surface area contributed by atoms with Crippen molar-refractivity contribution in [3.63, 3.8) is 0 Å². The van der Waals surface area contributed by atoms with Crippen LogP contribution in [0.25, 0.3) is 0 Å². The van der Waals surface area contributed by atoms with E-state index in [1.165, 1.54) is 12.1 Å². The highest BCUT2D eigenvalue weighted by Gasteiger charge is 2.14. The average molecular weight is 282 g/mol. The Bertz CT molecular complexity index is 662.